The van der Waals surface area contributed by atoms with Crippen molar-refractivity contribution in [1.29, 1.82) is 0 Å². The van der Waals surface area contributed by atoms with Gasteiger partial charge in [0.25, 0.3) is 0 Å². The monoisotopic (exact) mass is 465 g/mol. The molecule has 1 fully saturated rings. The fraction of sp³-hybridized carbons (Fsp3) is 0.370. The van der Waals surface area contributed by atoms with E-state index >= 15 is 0 Å². The lowest BCUT2D eigenvalue weighted by molar-refractivity contribution is 0.0235. The Bertz CT molecular complexity index is 1060. The van der Waals surface area contributed by atoms with Crippen LogP contribution in [0, 0.1) is 18.7 Å². The number of aryl methyl sites for hydroxylation is 1. The molecule has 0 aliphatic heterocycles. The third-order valence-electron chi connectivity index (χ3n) is 5.78. The van der Waals surface area contributed by atoms with Crippen LogP contribution >= 0.6 is 0 Å². The van der Waals surface area contributed by atoms with Crippen molar-refractivity contribution in [3.8, 4) is 17.3 Å². The van der Waals surface area contributed by atoms with Crippen LogP contribution in [-0.2, 0) is 11.3 Å². The molecule has 0 bridgehead atoms. The second-order valence-corrected chi connectivity index (χ2v) is 8.79. The topological polar surface area (TPSA) is 59.8 Å². The number of aliphatic hydroxyl groups excluding tert-OH is 1. The molecule has 0 spiro atoms. The van der Waals surface area contributed by atoms with Gasteiger partial charge in [-0.1, -0.05) is 24.3 Å². The SMILES string of the molecule is C=CCOC[C@@H](O)CN(Cc1c(C)nn(-c2ccccc2)c1Oc1ccc(F)cc1)CC1CC1. The molecule has 180 valence electrons. The standard InChI is InChI=1S/C27H32FN3O3/c1-3-15-33-19-24(32)17-30(16-21-9-10-21)18-26-20(2)29-31(23-7-5-4-6-8-23)27(26)34-25-13-11-22(28)12-14-25/h3-8,11-14,21,24,32H,1,9-10,15-19H2,2H3/t24-/m0/s1. The minimum Gasteiger partial charge on any atom is -0.439 e. The Morgan fingerprint density at radius 3 is 2.62 bits per heavy atom. The summed E-state index contributed by atoms with van der Waals surface area (Å²) >= 11 is 0. The molecule has 34 heavy (non-hydrogen) atoms. The van der Waals surface area contributed by atoms with Crippen molar-refractivity contribution >= 4 is 0 Å². The number of halogens is 1. The van der Waals surface area contributed by atoms with Gasteiger partial charge >= 0.3 is 0 Å². The smallest absolute Gasteiger partial charge is 0.227 e. The lowest BCUT2D eigenvalue weighted by Gasteiger charge is -2.25. The summed E-state index contributed by atoms with van der Waals surface area (Å²) in [6, 6.07) is 15.8. The Hall–Kier alpha value is -3.00. The van der Waals surface area contributed by atoms with Crippen molar-refractivity contribution in [2.45, 2.75) is 32.4 Å². The molecule has 1 aliphatic rings. The second-order valence-electron chi connectivity index (χ2n) is 8.79. The van der Waals surface area contributed by atoms with E-state index in [-0.39, 0.29) is 12.4 Å². The molecule has 7 heteroatoms. The van der Waals surface area contributed by atoms with Crippen LogP contribution in [0.4, 0.5) is 4.39 Å². The molecule has 6 nitrogen and oxygen atoms in total. The lowest BCUT2D eigenvalue weighted by atomic mass is 10.2. The van der Waals surface area contributed by atoms with E-state index in [9.17, 15) is 9.50 Å². The molecule has 3 aromatic rings. The minimum absolute atomic E-state index is 0.258. The number of aromatic nitrogens is 2. The summed E-state index contributed by atoms with van der Waals surface area (Å²) in [5, 5.41) is 15.3. The first-order valence-corrected chi connectivity index (χ1v) is 11.7. The summed E-state index contributed by atoms with van der Waals surface area (Å²) in [4.78, 5) is 2.25. The number of aliphatic hydroxyl groups is 1. The van der Waals surface area contributed by atoms with E-state index in [0.717, 1.165) is 23.5 Å². The van der Waals surface area contributed by atoms with Gasteiger partial charge in [-0.2, -0.15) is 5.10 Å². The normalized spacial score (nSPS) is 14.4. The molecule has 1 aliphatic carbocycles. The molecule has 0 radical (unpaired) electrons. The van der Waals surface area contributed by atoms with E-state index in [1.54, 1.807) is 22.9 Å². The van der Waals surface area contributed by atoms with Crippen LogP contribution in [-0.4, -0.2) is 52.2 Å². The molecule has 1 N–H and O–H groups in total. The Morgan fingerprint density at radius 1 is 1.21 bits per heavy atom. The predicted octanol–water partition coefficient (Wildman–Crippen LogP) is 4.89. The number of para-hydroxylation sites is 1. The third-order valence-corrected chi connectivity index (χ3v) is 5.78. The van der Waals surface area contributed by atoms with Crippen molar-refractivity contribution in [2.24, 2.45) is 5.92 Å². The molecule has 1 saturated carbocycles. The van der Waals surface area contributed by atoms with Crippen LogP contribution in [0.15, 0.2) is 67.3 Å². The van der Waals surface area contributed by atoms with E-state index in [1.165, 1.54) is 25.0 Å². The summed E-state index contributed by atoms with van der Waals surface area (Å²) in [5.74, 6) is 1.45. The van der Waals surface area contributed by atoms with Gasteiger partial charge in [0, 0.05) is 19.6 Å². The van der Waals surface area contributed by atoms with Crippen LogP contribution < -0.4 is 4.74 Å². The van der Waals surface area contributed by atoms with E-state index in [0.29, 0.717) is 37.2 Å². The van der Waals surface area contributed by atoms with Crippen LogP contribution in [0.25, 0.3) is 5.69 Å². The first-order chi connectivity index (χ1) is 16.5. The zero-order valence-corrected chi connectivity index (χ0v) is 19.6. The van der Waals surface area contributed by atoms with Crippen LogP contribution in [0.2, 0.25) is 0 Å². The molecule has 0 unspecified atom stereocenters. The molecule has 1 atom stereocenters. The lowest BCUT2D eigenvalue weighted by Crippen LogP contribution is -2.36. The molecular formula is C27H32FN3O3. The third kappa shape index (κ3) is 6.53. The zero-order valence-electron chi connectivity index (χ0n) is 19.6. The molecule has 4 rings (SSSR count). The van der Waals surface area contributed by atoms with E-state index in [2.05, 4.69) is 11.5 Å². The van der Waals surface area contributed by atoms with Gasteiger partial charge in [0.1, 0.15) is 11.6 Å². The van der Waals surface area contributed by atoms with Crippen LogP contribution in [0.5, 0.6) is 11.6 Å². The summed E-state index contributed by atoms with van der Waals surface area (Å²) in [7, 11) is 0. The highest BCUT2D eigenvalue weighted by Gasteiger charge is 2.28. The maximum atomic E-state index is 13.5. The maximum Gasteiger partial charge on any atom is 0.227 e. The Morgan fingerprint density at radius 2 is 1.94 bits per heavy atom. The summed E-state index contributed by atoms with van der Waals surface area (Å²) < 4.78 is 27.0. The van der Waals surface area contributed by atoms with Crippen molar-refractivity contribution in [3.63, 3.8) is 0 Å². The number of hydrogen-bond acceptors (Lipinski definition) is 5. The maximum absolute atomic E-state index is 13.5. The minimum atomic E-state index is -0.607. The fourth-order valence-electron chi connectivity index (χ4n) is 3.91. The predicted molar refractivity (Wildman–Crippen MR) is 130 cm³/mol. The van der Waals surface area contributed by atoms with Crippen LogP contribution in [0.3, 0.4) is 0 Å². The van der Waals surface area contributed by atoms with Crippen molar-refractivity contribution in [3.05, 3.63) is 84.3 Å². The van der Waals surface area contributed by atoms with E-state index in [4.69, 9.17) is 14.6 Å². The van der Waals surface area contributed by atoms with Gasteiger partial charge in [-0.15, -0.1) is 6.58 Å². The van der Waals surface area contributed by atoms with Gasteiger partial charge in [-0.3, -0.25) is 4.90 Å². The van der Waals surface area contributed by atoms with E-state index < -0.39 is 6.10 Å². The number of hydrogen-bond donors (Lipinski definition) is 1. The highest BCUT2D eigenvalue weighted by atomic mass is 19.1. The number of ether oxygens (including phenoxy) is 2. The summed E-state index contributed by atoms with van der Waals surface area (Å²) in [6.07, 6.45) is 3.49. The molecular weight excluding hydrogens is 433 g/mol. The van der Waals surface area contributed by atoms with Crippen LogP contribution in [0.1, 0.15) is 24.1 Å². The van der Waals surface area contributed by atoms with Gasteiger partial charge in [0.15, 0.2) is 0 Å². The van der Waals surface area contributed by atoms with Crippen molar-refractivity contribution in [1.82, 2.24) is 14.7 Å². The average molecular weight is 466 g/mol. The first kappa shape index (κ1) is 24.1. The fourth-order valence-corrected chi connectivity index (χ4v) is 3.91. The molecule has 2 aromatic carbocycles. The Balaban J connectivity index is 1.62. The van der Waals surface area contributed by atoms with Gasteiger partial charge in [0.05, 0.1) is 36.3 Å². The zero-order chi connectivity index (χ0) is 23.9. The van der Waals surface area contributed by atoms with Gasteiger partial charge in [-0.05, 0) is 62.1 Å². The quantitative estimate of drug-likeness (QED) is 0.288. The molecule has 1 heterocycles. The first-order valence-electron chi connectivity index (χ1n) is 11.7. The molecule has 0 amide bonds. The van der Waals surface area contributed by atoms with Gasteiger partial charge in [-0.25, -0.2) is 9.07 Å². The number of benzene rings is 2. The Labute approximate surface area is 200 Å². The van der Waals surface area contributed by atoms with Crippen molar-refractivity contribution in [2.75, 3.05) is 26.3 Å². The van der Waals surface area contributed by atoms with Crippen molar-refractivity contribution < 1.29 is 19.0 Å². The number of rotatable bonds is 13. The molecule has 0 saturated heterocycles. The average Bonchev–Trinajstić information content (AvgIpc) is 3.60. The molecule has 1 aromatic heterocycles. The number of nitrogens with zero attached hydrogens (tertiary/aromatic N) is 3. The second kappa shape index (κ2) is 11.4. The highest BCUT2D eigenvalue weighted by Crippen LogP contribution is 2.34. The summed E-state index contributed by atoms with van der Waals surface area (Å²) in [6.45, 7) is 8.24. The highest BCUT2D eigenvalue weighted by molar-refractivity contribution is 5.43. The van der Waals surface area contributed by atoms with Gasteiger partial charge in [0.2, 0.25) is 5.88 Å². The van der Waals surface area contributed by atoms with Gasteiger partial charge < -0.3 is 14.6 Å². The summed E-state index contributed by atoms with van der Waals surface area (Å²) in [5.41, 5.74) is 2.66. The Kier molecular flexibility index (Phi) is 8.11. The van der Waals surface area contributed by atoms with E-state index in [1.807, 2.05) is 37.3 Å². The largest absolute Gasteiger partial charge is 0.439 e.